The van der Waals surface area contributed by atoms with Gasteiger partial charge in [0.05, 0.1) is 14.2 Å². The zero-order valence-corrected chi connectivity index (χ0v) is 10.3. The first-order valence-electron chi connectivity index (χ1n) is 5.07. The standard InChI is InChI=1S/C12H16O5/c1-6-7(2)11(17-4)9(16-3)5-8(6)10(13)12(14)15/h5,10,13H,1-4H3,(H,14,15). The second-order valence-corrected chi connectivity index (χ2v) is 3.69. The number of rotatable bonds is 4. The second-order valence-electron chi connectivity index (χ2n) is 3.69. The van der Waals surface area contributed by atoms with Gasteiger partial charge in [0.15, 0.2) is 17.6 Å². The van der Waals surface area contributed by atoms with Crippen LogP contribution in [-0.4, -0.2) is 30.4 Å². The highest BCUT2D eigenvalue weighted by atomic mass is 16.5. The predicted octanol–water partition coefficient (Wildman–Crippen LogP) is 1.44. The molecule has 1 unspecified atom stereocenters. The van der Waals surface area contributed by atoms with E-state index in [2.05, 4.69) is 0 Å². The molecule has 0 fully saturated rings. The summed E-state index contributed by atoms with van der Waals surface area (Å²) in [5.74, 6) is -0.336. The number of carboxylic acids is 1. The number of aliphatic hydroxyl groups excluding tert-OH is 1. The van der Waals surface area contributed by atoms with Gasteiger partial charge in [-0.1, -0.05) is 0 Å². The lowest BCUT2D eigenvalue weighted by atomic mass is 9.97. The highest BCUT2D eigenvalue weighted by molar-refractivity contribution is 5.75. The molecule has 0 spiro atoms. The molecular weight excluding hydrogens is 224 g/mol. The van der Waals surface area contributed by atoms with Crippen LogP contribution < -0.4 is 9.47 Å². The first kappa shape index (κ1) is 13.3. The molecule has 94 valence electrons. The van der Waals surface area contributed by atoms with Gasteiger partial charge in [0, 0.05) is 0 Å². The monoisotopic (exact) mass is 240 g/mol. The molecule has 0 amide bonds. The van der Waals surface area contributed by atoms with Crippen LogP contribution in [0.1, 0.15) is 22.8 Å². The number of hydrogen-bond donors (Lipinski definition) is 2. The molecule has 5 heteroatoms. The number of hydrogen-bond acceptors (Lipinski definition) is 4. The molecule has 1 aromatic carbocycles. The minimum absolute atomic E-state index is 0.313. The molecule has 0 bridgehead atoms. The van der Waals surface area contributed by atoms with Gasteiger partial charge >= 0.3 is 5.97 Å². The summed E-state index contributed by atoms with van der Waals surface area (Å²) in [6.07, 6.45) is -1.56. The third-order valence-electron chi connectivity index (χ3n) is 2.80. The summed E-state index contributed by atoms with van der Waals surface area (Å²) in [5.41, 5.74) is 1.74. The summed E-state index contributed by atoms with van der Waals surface area (Å²) < 4.78 is 10.3. The Kier molecular flexibility index (Phi) is 3.96. The number of carbonyl (C=O) groups is 1. The maximum atomic E-state index is 10.8. The van der Waals surface area contributed by atoms with E-state index in [9.17, 15) is 9.90 Å². The molecule has 0 radical (unpaired) electrons. The molecular formula is C12H16O5. The van der Waals surface area contributed by atoms with Gasteiger partial charge < -0.3 is 19.7 Å². The van der Waals surface area contributed by atoms with Crippen molar-refractivity contribution in [1.29, 1.82) is 0 Å². The van der Waals surface area contributed by atoms with E-state index in [1.165, 1.54) is 20.3 Å². The molecule has 0 aliphatic rings. The number of carboxylic acid groups (broad SMARTS) is 1. The Bertz CT molecular complexity index is 439. The van der Waals surface area contributed by atoms with E-state index in [0.717, 1.165) is 5.56 Å². The molecule has 0 saturated carbocycles. The summed E-state index contributed by atoms with van der Waals surface area (Å²) in [4.78, 5) is 10.8. The van der Waals surface area contributed by atoms with Crippen molar-refractivity contribution in [3.63, 3.8) is 0 Å². The summed E-state index contributed by atoms with van der Waals surface area (Å²) in [6.45, 7) is 3.52. The van der Waals surface area contributed by atoms with Gasteiger partial charge in [-0.3, -0.25) is 0 Å². The highest BCUT2D eigenvalue weighted by Gasteiger charge is 2.23. The average molecular weight is 240 g/mol. The van der Waals surface area contributed by atoms with Crippen molar-refractivity contribution < 1.29 is 24.5 Å². The fourth-order valence-electron chi connectivity index (χ4n) is 1.71. The Balaban J connectivity index is 3.44. The summed E-state index contributed by atoms with van der Waals surface area (Å²) in [6, 6.07) is 1.49. The average Bonchev–Trinajstić information content (AvgIpc) is 2.31. The number of benzene rings is 1. The van der Waals surface area contributed by atoms with Gasteiger partial charge in [0.1, 0.15) is 0 Å². The molecule has 0 aromatic heterocycles. The number of aliphatic hydroxyl groups is 1. The van der Waals surface area contributed by atoms with Gasteiger partial charge in [0.2, 0.25) is 0 Å². The van der Waals surface area contributed by atoms with Gasteiger partial charge in [-0.2, -0.15) is 0 Å². The second kappa shape index (κ2) is 5.05. The van der Waals surface area contributed by atoms with E-state index in [1.54, 1.807) is 13.8 Å². The fourth-order valence-corrected chi connectivity index (χ4v) is 1.71. The molecule has 5 nitrogen and oxygen atoms in total. The highest BCUT2D eigenvalue weighted by Crippen LogP contribution is 2.37. The van der Waals surface area contributed by atoms with E-state index < -0.39 is 12.1 Å². The third-order valence-corrected chi connectivity index (χ3v) is 2.80. The Morgan fingerprint density at radius 2 is 1.82 bits per heavy atom. The van der Waals surface area contributed by atoms with Crippen LogP contribution in [0, 0.1) is 13.8 Å². The molecule has 0 aliphatic heterocycles. The number of ether oxygens (including phenoxy) is 2. The van der Waals surface area contributed by atoms with Crippen LogP contribution in [0.5, 0.6) is 11.5 Å². The first-order valence-corrected chi connectivity index (χ1v) is 5.07. The summed E-state index contributed by atoms with van der Waals surface area (Å²) in [5, 5.41) is 18.4. The Morgan fingerprint density at radius 3 is 2.24 bits per heavy atom. The van der Waals surface area contributed by atoms with Crippen molar-refractivity contribution in [1.82, 2.24) is 0 Å². The largest absolute Gasteiger partial charge is 0.493 e. The van der Waals surface area contributed by atoms with E-state index in [4.69, 9.17) is 14.6 Å². The third kappa shape index (κ3) is 2.34. The van der Waals surface area contributed by atoms with Gasteiger partial charge in [0.25, 0.3) is 0 Å². The lowest BCUT2D eigenvalue weighted by Gasteiger charge is -2.17. The topological polar surface area (TPSA) is 76.0 Å². The van der Waals surface area contributed by atoms with Gasteiger partial charge in [-0.25, -0.2) is 4.79 Å². The van der Waals surface area contributed by atoms with Crippen molar-refractivity contribution in [3.05, 3.63) is 22.8 Å². The SMILES string of the molecule is COc1cc(C(O)C(=O)O)c(C)c(C)c1OC. The van der Waals surface area contributed by atoms with E-state index in [-0.39, 0.29) is 0 Å². The van der Waals surface area contributed by atoms with Crippen LogP contribution in [-0.2, 0) is 4.79 Å². The van der Waals surface area contributed by atoms with Crippen LogP contribution in [0.15, 0.2) is 6.07 Å². The molecule has 1 rings (SSSR count). The maximum Gasteiger partial charge on any atom is 0.337 e. The fraction of sp³-hybridized carbons (Fsp3) is 0.417. The molecule has 17 heavy (non-hydrogen) atoms. The first-order chi connectivity index (χ1) is 7.93. The number of methoxy groups -OCH3 is 2. The van der Waals surface area contributed by atoms with Crippen molar-refractivity contribution >= 4 is 5.97 Å². The van der Waals surface area contributed by atoms with Crippen LogP contribution in [0.2, 0.25) is 0 Å². The summed E-state index contributed by atoms with van der Waals surface area (Å²) in [7, 11) is 2.97. The zero-order chi connectivity index (χ0) is 13.2. The minimum atomic E-state index is -1.56. The van der Waals surface area contributed by atoms with Crippen LogP contribution in [0.25, 0.3) is 0 Å². The lowest BCUT2D eigenvalue weighted by molar-refractivity contribution is -0.147. The van der Waals surface area contributed by atoms with Crippen LogP contribution in [0.4, 0.5) is 0 Å². The van der Waals surface area contributed by atoms with Crippen LogP contribution >= 0.6 is 0 Å². The smallest absolute Gasteiger partial charge is 0.337 e. The molecule has 2 N–H and O–H groups in total. The van der Waals surface area contributed by atoms with Gasteiger partial charge in [-0.05, 0) is 36.6 Å². The Hall–Kier alpha value is -1.75. The lowest BCUT2D eigenvalue weighted by Crippen LogP contribution is -2.13. The van der Waals surface area contributed by atoms with E-state index in [0.29, 0.717) is 22.6 Å². The van der Waals surface area contributed by atoms with E-state index >= 15 is 0 Å². The maximum absolute atomic E-state index is 10.8. The zero-order valence-electron chi connectivity index (χ0n) is 10.3. The predicted molar refractivity (Wildman–Crippen MR) is 61.6 cm³/mol. The molecule has 1 atom stereocenters. The minimum Gasteiger partial charge on any atom is -0.493 e. The molecule has 0 aliphatic carbocycles. The van der Waals surface area contributed by atoms with Crippen LogP contribution in [0.3, 0.4) is 0 Å². The van der Waals surface area contributed by atoms with Crippen molar-refractivity contribution in [2.45, 2.75) is 20.0 Å². The summed E-state index contributed by atoms with van der Waals surface area (Å²) >= 11 is 0. The Labute approximate surface area is 99.6 Å². The number of aliphatic carboxylic acids is 1. The molecule has 1 aromatic rings. The van der Waals surface area contributed by atoms with Gasteiger partial charge in [-0.15, -0.1) is 0 Å². The quantitative estimate of drug-likeness (QED) is 0.832. The van der Waals surface area contributed by atoms with Crippen molar-refractivity contribution in [2.75, 3.05) is 14.2 Å². The molecule has 0 heterocycles. The Morgan fingerprint density at radius 1 is 1.24 bits per heavy atom. The molecule has 0 saturated heterocycles. The van der Waals surface area contributed by atoms with Crippen molar-refractivity contribution in [2.24, 2.45) is 0 Å². The van der Waals surface area contributed by atoms with E-state index in [1.807, 2.05) is 0 Å². The normalized spacial score (nSPS) is 12.1. The van der Waals surface area contributed by atoms with Crippen molar-refractivity contribution in [3.8, 4) is 11.5 Å².